The summed E-state index contributed by atoms with van der Waals surface area (Å²) in [5.41, 5.74) is 0.420. The first-order valence-electron chi connectivity index (χ1n) is 15.4. The van der Waals surface area contributed by atoms with E-state index in [1.807, 2.05) is 26.8 Å². The maximum absolute atomic E-state index is 13.6. The second kappa shape index (κ2) is 14.7. The first kappa shape index (κ1) is 35.6. The monoisotopic (exact) mass is 653 g/mol. The Bertz CT molecular complexity index is 1730. The molecule has 3 aromatic carbocycles. The molecular weight excluding hydrogens is 614 g/mol. The van der Waals surface area contributed by atoms with Crippen molar-refractivity contribution in [1.29, 1.82) is 5.26 Å². The highest BCUT2D eigenvalue weighted by Crippen LogP contribution is 2.41. The van der Waals surface area contributed by atoms with Gasteiger partial charge in [-0.25, -0.2) is 19.2 Å². The zero-order valence-electron chi connectivity index (χ0n) is 28.1. The average Bonchev–Trinajstić information content (AvgIpc) is 3.28. The van der Waals surface area contributed by atoms with E-state index in [1.54, 1.807) is 93.6 Å². The molecule has 0 bridgehead atoms. The Kier molecular flexibility index (Phi) is 10.9. The summed E-state index contributed by atoms with van der Waals surface area (Å²) in [6.07, 6.45) is -3.13. The van der Waals surface area contributed by atoms with E-state index >= 15 is 0 Å². The molecule has 1 heterocycles. The molecule has 0 aromatic heterocycles. The van der Waals surface area contributed by atoms with Gasteiger partial charge in [-0.1, -0.05) is 53.1 Å². The van der Waals surface area contributed by atoms with E-state index in [-0.39, 0.29) is 22.3 Å². The molecule has 1 fully saturated rings. The third kappa shape index (κ3) is 8.75. The Balaban J connectivity index is 1.77. The molecule has 1 saturated heterocycles. The lowest BCUT2D eigenvalue weighted by Crippen LogP contribution is -2.52. The van der Waals surface area contributed by atoms with Gasteiger partial charge in [0.25, 0.3) is 0 Å². The number of ether oxygens (including phenoxy) is 5. The van der Waals surface area contributed by atoms with Crippen LogP contribution in [0.15, 0.2) is 84.4 Å². The van der Waals surface area contributed by atoms with Gasteiger partial charge in [-0.15, -0.1) is 0 Å². The van der Waals surface area contributed by atoms with Gasteiger partial charge in [0, 0.05) is 6.08 Å². The first-order valence-corrected chi connectivity index (χ1v) is 15.4. The van der Waals surface area contributed by atoms with Crippen LogP contribution >= 0.6 is 0 Å². The lowest BCUT2D eigenvalue weighted by Gasteiger charge is -2.34. The normalized spacial score (nSPS) is 20.7. The summed E-state index contributed by atoms with van der Waals surface area (Å²) in [6.45, 7) is 11.6. The number of nitriles is 1. The Morgan fingerprint density at radius 1 is 0.792 bits per heavy atom. The molecule has 0 spiro atoms. The van der Waals surface area contributed by atoms with Crippen LogP contribution in [0, 0.1) is 32.1 Å². The molecule has 4 atom stereocenters. The number of carbonyl (C=O) groups excluding carboxylic acids is 4. The number of hydrogen-bond donors (Lipinski definition) is 0. The van der Waals surface area contributed by atoms with Crippen LogP contribution in [-0.4, -0.2) is 60.0 Å². The van der Waals surface area contributed by atoms with Crippen molar-refractivity contribution in [3.05, 3.63) is 118 Å². The molecular formula is C38H39NO9. The van der Waals surface area contributed by atoms with E-state index < -0.39 is 60.0 Å². The Labute approximate surface area is 280 Å². The van der Waals surface area contributed by atoms with Gasteiger partial charge >= 0.3 is 23.9 Å². The van der Waals surface area contributed by atoms with Crippen molar-refractivity contribution in [3.63, 3.8) is 0 Å². The highest BCUT2D eigenvalue weighted by Gasteiger charge is 2.61. The molecule has 0 amide bonds. The number of hydrogen-bond acceptors (Lipinski definition) is 10. The predicted octanol–water partition coefficient (Wildman–Crippen LogP) is 6.17. The average molecular weight is 654 g/mol. The smallest absolute Gasteiger partial charge is 0.338 e. The summed E-state index contributed by atoms with van der Waals surface area (Å²) >= 11 is 0. The summed E-state index contributed by atoms with van der Waals surface area (Å²) in [6, 6.07) is 21.9. The molecule has 0 N–H and O–H groups in total. The highest BCUT2D eigenvalue weighted by atomic mass is 16.7. The lowest BCUT2D eigenvalue weighted by atomic mass is 9.87. The lowest BCUT2D eigenvalue weighted by molar-refractivity contribution is -0.148. The largest absolute Gasteiger partial charge is 0.459 e. The van der Waals surface area contributed by atoms with E-state index in [2.05, 4.69) is 0 Å². The highest BCUT2D eigenvalue weighted by molar-refractivity contribution is 5.91. The standard InChI is InChI=1S/C38H39NO9/c1-23-8-14-26(15-9-23)34(41)44-22-30-33(46-35(42)27-16-10-24(2)11-17-27)38(7,48-36(43)28-18-12-25(3)13-19-28)32(45-30)29(21-39)20-31(40)47-37(4,5)6/h8-20,30,32-33H,22H2,1-7H3/t30?,32-,33+,38-/m0/s1. The van der Waals surface area contributed by atoms with Crippen LogP contribution in [0.25, 0.3) is 0 Å². The quantitative estimate of drug-likeness (QED) is 0.114. The Morgan fingerprint density at radius 2 is 1.25 bits per heavy atom. The van der Waals surface area contributed by atoms with Crippen molar-refractivity contribution in [2.24, 2.45) is 0 Å². The van der Waals surface area contributed by atoms with Gasteiger partial charge in [0.05, 0.1) is 28.3 Å². The molecule has 48 heavy (non-hydrogen) atoms. The van der Waals surface area contributed by atoms with Crippen LogP contribution in [0.5, 0.6) is 0 Å². The third-order valence-electron chi connectivity index (χ3n) is 7.61. The van der Waals surface area contributed by atoms with E-state index in [9.17, 15) is 24.4 Å². The molecule has 10 nitrogen and oxygen atoms in total. The van der Waals surface area contributed by atoms with E-state index in [0.717, 1.165) is 22.8 Å². The molecule has 0 radical (unpaired) electrons. The molecule has 1 aliphatic rings. The van der Waals surface area contributed by atoms with Crippen molar-refractivity contribution < 1.29 is 42.9 Å². The summed E-state index contributed by atoms with van der Waals surface area (Å²) in [5.74, 6) is -3.08. The van der Waals surface area contributed by atoms with Crippen molar-refractivity contribution in [2.75, 3.05) is 6.61 Å². The van der Waals surface area contributed by atoms with Crippen LogP contribution in [-0.2, 0) is 28.5 Å². The molecule has 250 valence electrons. The number of rotatable bonds is 9. The molecule has 0 aliphatic carbocycles. The van der Waals surface area contributed by atoms with Crippen LogP contribution < -0.4 is 0 Å². The minimum Gasteiger partial charge on any atom is -0.459 e. The van der Waals surface area contributed by atoms with E-state index in [1.165, 1.54) is 6.92 Å². The number of esters is 4. The second-order valence-corrected chi connectivity index (χ2v) is 12.9. The van der Waals surface area contributed by atoms with Gasteiger partial charge < -0.3 is 23.7 Å². The van der Waals surface area contributed by atoms with Gasteiger partial charge in [-0.3, -0.25) is 0 Å². The zero-order valence-corrected chi connectivity index (χ0v) is 28.1. The fourth-order valence-corrected chi connectivity index (χ4v) is 5.09. The molecule has 10 heteroatoms. The number of carbonyl (C=O) groups is 4. The number of benzene rings is 3. The third-order valence-corrected chi connectivity index (χ3v) is 7.61. The van der Waals surface area contributed by atoms with Gasteiger partial charge in [-0.05, 0) is 84.9 Å². The maximum Gasteiger partial charge on any atom is 0.338 e. The summed E-state index contributed by atoms with van der Waals surface area (Å²) in [5, 5.41) is 10.3. The van der Waals surface area contributed by atoms with Crippen LogP contribution in [0.3, 0.4) is 0 Å². The van der Waals surface area contributed by atoms with E-state index in [4.69, 9.17) is 23.7 Å². The molecule has 4 rings (SSSR count). The maximum atomic E-state index is 13.6. The van der Waals surface area contributed by atoms with Crippen LogP contribution in [0.2, 0.25) is 0 Å². The van der Waals surface area contributed by atoms with Gasteiger partial charge in [0.15, 0.2) is 11.7 Å². The minimum absolute atomic E-state index is 0.188. The molecule has 3 aromatic rings. The van der Waals surface area contributed by atoms with Crippen LogP contribution in [0.1, 0.15) is 75.5 Å². The van der Waals surface area contributed by atoms with Crippen molar-refractivity contribution in [2.45, 2.75) is 78.0 Å². The topological polar surface area (TPSA) is 138 Å². The zero-order chi connectivity index (χ0) is 35.2. The Hall–Kier alpha value is -5.27. The van der Waals surface area contributed by atoms with Gasteiger partial charge in [0.2, 0.25) is 0 Å². The molecule has 0 saturated carbocycles. The van der Waals surface area contributed by atoms with Crippen molar-refractivity contribution >= 4 is 23.9 Å². The molecule has 1 aliphatic heterocycles. The summed E-state index contributed by atoms with van der Waals surface area (Å²) in [4.78, 5) is 53.0. The number of aryl methyl sites for hydroxylation is 3. The Morgan fingerprint density at radius 3 is 1.71 bits per heavy atom. The summed E-state index contributed by atoms with van der Waals surface area (Å²) in [7, 11) is 0. The fraction of sp³-hybridized carbons (Fsp3) is 0.342. The van der Waals surface area contributed by atoms with Gasteiger partial charge in [0.1, 0.15) is 24.4 Å². The van der Waals surface area contributed by atoms with Gasteiger partial charge in [-0.2, -0.15) is 5.26 Å². The van der Waals surface area contributed by atoms with Crippen LogP contribution in [0.4, 0.5) is 0 Å². The fourth-order valence-electron chi connectivity index (χ4n) is 5.09. The second-order valence-electron chi connectivity index (χ2n) is 12.9. The molecule has 1 unspecified atom stereocenters. The van der Waals surface area contributed by atoms with Crippen molar-refractivity contribution in [1.82, 2.24) is 0 Å². The summed E-state index contributed by atoms with van der Waals surface area (Å²) < 4.78 is 29.3. The first-order chi connectivity index (χ1) is 22.6. The predicted molar refractivity (Wildman–Crippen MR) is 175 cm³/mol. The van der Waals surface area contributed by atoms with Crippen molar-refractivity contribution in [3.8, 4) is 6.07 Å². The van der Waals surface area contributed by atoms with E-state index in [0.29, 0.717) is 0 Å². The number of nitrogens with zero attached hydrogens (tertiary/aromatic N) is 1. The minimum atomic E-state index is -1.90. The SMILES string of the molecule is Cc1ccc(C(=O)OCC2O[C@@H](C(C#N)=CC(=O)OC(C)(C)C)[C@](C)(OC(=O)c3ccc(C)cc3)[C@@H]2OC(=O)c2ccc(C)cc2)cc1.